The number of carboxylic acid groups (broad SMARTS) is 2. The summed E-state index contributed by atoms with van der Waals surface area (Å²) >= 11 is 1.42. The number of carbonyl (C=O) groups excluding carboxylic acids is 1. The minimum absolute atomic E-state index is 0.170. The molecule has 0 spiro atoms. The van der Waals surface area contributed by atoms with Crippen molar-refractivity contribution in [3.8, 4) is 0 Å². The molecule has 1 atom stereocenters. The molecule has 1 saturated heterocycles. The third-order valence-corrected chi connectivity index (χ3v) is 5.32. The Balaban J connectivity index is 0.000000404. The number of hydrogen-bond donors (Lipinski definition) is 3. The van der Waals surface area contributed by atoms with Crippen LogP contribution in [0.3, 0.4) is 0 Å². The van der Waals surface area contributed by atoms with E-state index in [0.29, 0.717) is 6.54 Å². The fraction of sp³-hybridized carbons (Fsp3) is 0.381. The number of carboxylic acids is 2. The lowest BCUT2D eigenvalue weighted by Gasteiger charge is -2.24. The molecule has 204 valence electrons. The average molecular weight is 556 g/mol. The number of hydrogen-bond acceptors (Lipinski definition) is 7. The molecule has 0 aliphatic carbocycles. The van der Waals surface area contributed by atoms with Crippen molar-refractivity contribution in [3.63, 3.8) is 0 Å². The summed E-state index contributed by atoms with van der Waals surface area (Å²) in [4.78, 5) is 33.5. The predicted octanol–water partition coefficient (Wildman–Crippen LogP) is 3.62. The molecule has 9 nitrogen and oxygen atoms in total. The molecule has 37 heavy (non-hydrogen) atoms. The Morgan fingerprint density at radius 1 is 1.11 bits per heavy atom. The van der Waals surface area contributed by atoms with Crippen LogP contribution in [0.5, 0.6) is 0 Å². The number of alkyl halides is 6. The number of nitrogens with zero attached hydrogens (tertiary/aromatic N) is 3. The highest BCUT2D eigenvalue weighted by Gasteiger charge is 2.38. The number of halogens is 6. The van der Waals surface area contributed by atoms with E-state index in [1.54, 1.807) is 13.1 Å². The largest absolute Gasteiger partial charge is 0.490 e. The number of thioether (sulfide) groups is 1. The Bertz CT molecular complexity index is 1050. The van der Waals surface area contributed by atoms with Crippen LogP contribution in [0.15, 0.2) is 42.2 Å². The number of aliphatic carboxylic acids is 2. The molecule has 2 aromatic rings. The predicted molar refractivity (Wildman–Crippen MR) is 120 cm³/mol. The summed E-state index contributed by atoms with van der Waals surface area (Å²) in [5, 5.41) is 22.6. The minimum atomic E-state index is -5.08. The second-order valence-electron chi connectivity index (χ2n) is 7.15. The number of aromatic nitrogens is 3. The maximum Gasteiger partial charge on any atom is 0.490 e. The van der Waals surface area contributed by atoms with Gasteiger partial charge in [0.1, 0.15) is 0 Å². The Hall–Kier alpha value is -3.40. The summed E-state index contributed by atoms with van der Waals surface area (Å²) in [5.41, 5.74) is 3.15. The van der Waals surface area contributed by atoms with Crippen molar-refractivity contribution in [2.75, 3.05) is 13.1 Å². The van der Waals surface area contributed by atoms with Gasteiger partial charge in [0.15, 0.2) is 5.12 Å². The smallest absolute Gasteiger partial charge is 0.475 e. The first-order valence-corrected chi connectivity index (χ1v) is 11.1. The fourth-order valence-electron chi connectivity index (χ4n) is 2.63. The van der Waals surface area contributed by atoms with Crippen molar-refractivity contribution in [3.05, 3.63) is 53.6 Å². The lowest BCUT2D eigenvalue weighted by molar-refractivity contribution is -0.193. The van der Waals surface area contributed by atoms with E-state index >= 15 is 0 Å². The molecular formula is C21H22F6N4O5S. The maximum absolute atomic E-state index is 11.4. The summed E-state index contributed by atoms with van der Waals surface area (Å²) in [6.45, 7) is 4.06. The highest BCUT2D eigenvalue weighted by molar-refractivity contribution is 8.14. The number of nitrogens with one attached hydrogen (secondary N) is 1. The van der Waals surface area contributed by atoms with Crippen molar-refractivity contribution in [1.82, 2.24) is 20.1 Å². The van der Waals surface area contributed by atoms with E-state index in [9.17, 15) is 31.1 Å². The van der Waals surface area contributed by atoms with Crippen LogP contribution in [0.1, 0.15) is 24.7 Å². The molecule has 0 amide bonds. The van der Waals surface area contributed by atoms with Crippen LogP contribution in [-0.4, -0.2) is 72.7 Å². The number of rotatable bonds is 4. The van der Waals surface area contributed by atoms with Gasteiger partial charge in [-0.05, 0) is 42.8 Å². The molecule has 16 heteroatoms. The van der Waals surface area contributed by atoms with Gasteiger partial charge in [-0.1, -0.05) is 17.8 Å². The molecule has 1 unspecified atom stereocenters. The average Bonchev–Trinajstić information content (AvgIpc) is 3.22. The highest BCUT2D eigenvalue weighted by atomic mass is 32.2. The Morgan fingerprint density at radius 2 is 1.70 bits per heavy atom. The van der Waals surface area contributed by atoms with E-state index in [1.165, 1.54) is 17.3 Å². The molecule has 1 aliphatic heterocycles. The minimum Gasteiger partial charge on any atom is -0.475 e. The van der Waals surface area contributed by atoms with Gasteiger partial charge in [0.25, 0.3) is 0 Å². The van der Waals surface area contributed by atoms with Gasteiger partial charge < -0.3 is 15.5 Å². The highest BCUT2D eigenvalue weighted by Crippen LogP contribution is 2.26. The first-order valence-electron chi connectivity index (χ1n) is 10.2. The lowest BCUT2D eigenvalue weighted by atomic mass is 10.0. The first-order chi connectivity index (χ1) is 17.1. The summed E-state index contributed by atoms with van der Waals surface area (Å²) < 4.78 is 65.4. The van der Waals surface area contributed by atoms with Crippen molar-refractivity contribution in [2.45, 2.75) is 37.5 Å². The van der Waals surface area contributed by atoms with E-state index < -0.39 is 24.3 Å². The zero-order valence-electron chi connectivity index (χ0n) is 19.1. The van der Waals surface area contributed by atoms with Gasteiger partial charge >= 0.3 is 24.3 Å². The van der Waals surface area contributed by atoms with Crippen molar-refractivity contribution >= 4 is 34.9 Å². The normalized spacial score (nSPS) is 16.6. The van der Waals surface area contributed by atoms with Crippen LogP contribution in [0.4, 0.5) is 26.3 Å². The van der Waals surface area contributed by atoms with Gasteiger partial charge in [-0.2, -0.15) is 31.4 Å². The second kappa shape index (κ2) is 14.4. The molecule has 0 radical (unpaired) electrons. The van der Waals surface area contributed by atoms with Crippen molar-refractivity contribution in [2.24, 2.45) is 0 Å². The Morgan fingerprint density at radius 3 is 2.19 bits per heavy atom. The molecule has 3 N–H and O–H groups in total. The number of pyridine rings is 1. The molecular weight excluding hydrogens is 534 g/mol. The van der Waals surface area contributed by atoms with Gasteiger partial charge in [-0.15, -0.1) is 0 Å². The quantitative estimate of drug-likeness (QED) is 0.483. The summed E-state index contributed by atoms with van der Waals surface area (Å²) in [5.74, 6) is -5.51. The molecule has 1 aliphatic rings. The zero-order valence-corrected chi connectivity index (χ0v) is 19.9. The number of piperidine rings is 1. The van der Waals surface area contributed by atoms with Crippen LogP contribution in [0.2, 0.25) is 0 Å². The fourth-order valence-corrected chi connectivity index (χ4v) is 3.57. The SMILES string of the molecule is CC(=O)SC1CCNC/C1=C\c1ccn(Cc2ccccn2)n1.O=C(O)C(F)(F)F.O=C(O)C(F)(F)F. The second-order valence-corrected chi connectivity index (χ2v) is 8.53. The summed E-state index contributed by atoms with van der Waals surface area (Å²) in [6, 6.07) is 7.88. The topological polar surface area (TPSA) is 134 Å². The van der Waals surface area contributed by atoms with Gasteiger partial charge in [0.05, 0.1) is 17.9 Å². The summed E-state index contributed by atoms with van der Waals surface area (Å²) in [6.07, 6.45) is -3.34. The van der Waals surface area contributed by atoms with Crippen molar-refractivity contribution in [1.29, 1.82) is 0 Å². The van der Waals surface area contributed by atoms with Crippen LogP contribution in [0.25, 0.3) is 6.08 Å². The van der Waals surface area contributed by atoms with E-state index in [1.807, 2.05) is 35.1 Å². The maximum atomic E-state index is 11.4. The standard InChI is InChI=1S/C17H20N4OS.2C2HF3O2/c1-13(22)23-17-5-8-18-11-14(17)10-15-6-9-21(20-15)12-16-4-2-3-7-19-16;2*3-2(4,5)1(6)7/h2-4,6-7,9-10,17-18H,5,8,11-12H2,1H3;2*(H,6,7)/b14-10+;;. The van der Waals surface area contributed by atoms with E-state index in [2.05, 4.69) is 21.5 Å². The number of carbonyl (C=O) groups is 3. The molecule has 0 bridgehead atoms. The van der Waals surface area contributed by atoms with E-state index in [-0.39, 0.29) is 10.4 Å². The zero-order chi connectivity index (χ0) is 28.2. The molecule has 0 aromatic carbocycles. The summed E-state index contributed by atoms with van der Waals surface area (Å²) in [7, 11) is 0. The van der Waals surface area contributed by atoms with Gasteiger partial charge in [0, 0.05) is 31.1 Å². The lowest BCUT2D eigenvalue weighted by Crippen LogP contribution is -2.32. The molecule has 2 aromatic heterocycles. The van der Waals surface area contributed by atoms with E-state index in [0.717, 1.165) is 30.9 Å². The molecule has 3 heterocycles. The van der Waals surface area contributed by atoms with Crippen molar-refractivity contribution < 1.29 is 50.9 Å². The van der Waals surface area contributed by atoms with E-state index in [4.69, 9.17) is 19.8 Å². The van der Waals surface area contributed by atoms with Gasteiger partial charge in [-0.25, -0.2) is 9.59 Å². The third-order valence-electron chi connectivity index (χ3n) is 4.16. The van der Waals surface area contributed by atoms with Gasteiger partial charge in [0.2, 0.25) is 0 Å². The first kappa shape index (κ1) is 31.6. The van der Waals surface area contributed by atoms with Crippen LogP contribution >= 0.6 is 11.8 Å². The molecule has 3 rings (SSSR count). The Labute approximate surface area is 210 Å². The molecule has 1 fully saturated rings. The van der Waals surface area contributed by atoms with Crippen LogP contribution in [-0.2, 0) is 20.9 Å². The Kier molecular flexibility index (Phi) is 12.3. The van der Waals surface area contributed by atoms with Gasteiger partial charge in [-0.3, -0.25) is 14.5 Å². The molecule has 0 saturated carbocycles. The van der Waals surface area contributed by atoms with Crippen LogP contribution < -0.4 is 5.32 Å². The monoisotopic (exact) mass is 556 g/mol. The van der Waals surface area contributed by atoms with Crippen LogP contribution in [0, 0.1) is 0 Å². The third kappa shape index (κ3) is 12.9.